The maximum Gasteiger partial charge on any atom is 0.219 e. The van der Waals surface area contributed by atoms with Crippen molar-refractivity contribution in [3.63, 3.8) is 0 Å². The lowest BCUT2D eigenvalue weighted by Crippen LogP contribution is -2.32. The van der Waals surface area contributed by atoms with E-state index in [0.29, 0.717) is 13.0 Å². The number of carbonyl (C=O) groups is 2. The van der Waals surface area contributed by atoms with Gasteiger partial charge in [0.2, 0.25) is 12.3 Å². The molecule has 0 aliphatic carbocycles. The van der Waals surface area contributed by atoms with Gasteiger partial charge in [0.25, 0.3) is 0 Å². The summed E-state index contributed by atoms with van der Waals surface area (Å²) in [5.41, 5.74) is 0. The Labute approximate surface area is 84.1 Å². The number of nitrogens with zero attached hydrogens (tertiary/aromatic N) is 1. The molecule has 2 N–H and O–H groups in total. The van der Waals surface area contributed by atoms with Gasteiger partial charge >= 0.3 is 0 Å². The van der Waals surface area contributed by atoms with E-state index in [1.165, 1.54) is 6.92 Å². The van der Waals surface area contributed by atoms with E-state index in [0.717, 1.165) is 6.42 Å². The van der Waals surface area contributed by atoms with E-state index in [-0.39, 0.29) is 18.1 Å². The summed E-state index contributed by atoms with van der Waals surface area (Å²) in [6, 6.07) is 0.215. The Hall–Kier alpha value is -1.10. The average molecular weight is 202 g/mol. The molecule has 0 aromatic rings. The van der Waals surface area contributed by atoms with E-state index in [9.17, 15) is 4.79 Å². The molecule has 1 saturated heterocycles. The van der Waals surface area contributed by atoms with Crippen molar-refractivity contribution in [2.24, 2.45) is 0 Å². The van der Waals surface area contributed by atoms with Crippen LogP contribution in [0.5, 0.6) is 0 Å². The third-order valence-electron chi connectivity index (χ3n) is 2.08. The fourth-order valence-electron chi connectivity index (χ4n) is 1.44. The normalized spacial score (nSPS) is 25.0. The van der Waals surface area contributed by atoms with Gasteiger partial charge in [-0.05, 0) is 13.3 Å². The molecule has 1 fully saturated rings. The average Bonchev–Trinajstić information content (AvgIpc) is 2.46. The van der Waals surface area contributed by atoms with Crippen LogP contribution >= 0.6 is 0 Å². The first-order valence-electron chi connectivity index (χ1n) is 4.59. The van der Waals surface area contributed by atoms with Gasteiger partial charge in [-0.15, -0.1) is 0 Å². The highest BCUT2D eigenvalue weighted by Crippen LogP contribution is 2.16. The van der Waals surface area contributed by atoms with Crippen molar-refractivity contribution < 1.29 is 14.7 Å². The van der Waals surface area contributed by atoms with Gasteiger partial charge in [-0.3, -0.25) is 9.59 Å². The Morgan fingerprint density at radius 3 is 2.29 bits per heavy atom. The van der Waals surface area contributed by atoms with E-state index in [1.807, 2.05) is 6.92 Å². The number of likely N-dealkylation sites (tertiary alicyclic amines) is 1. The Kier molecular flexibility index (Phi) is 5.87. The Morgan fingerprint density at radius 1 is 1.64 bits per heavy atom. The summed E-state index contributed by atoms with van der Waals surface area (Å²) in [6.45, 7) is 4.00. The molecule has 1 aliphatic heterocycles. The van der Waals surface area contributed by atoms with Crippen molar-refractivity contribution in [3.05, 3.63) is 0 Å². The molecule has 0 radical (unpaired) electrons. The molecule has 5 heteroatoms. The summed E-state index contributed by atoms with van der Waals surface area (Å²) in [5.74, 6) is 0.0593. The molecule has 0 aromatic carbocycles. The van der Waals surface area contributed by atoms with E-state index in [2.05, 4.69) is 5.32 Å². The van der Waals surface area contributed by atoms with Crippen molar-refractivity contribution in [2.75, 3.05) is 13.6 Å². The van der Waals surface area contributed by atoms with Crippen molar-refractivity contribution in [1.82, 2.24) is 10.2 Å². The van der Waals surface area contributed by atoms with E-state index in [4.69, 9.17) is 9.90 Å². The number of amides is 2. The zero-order valence-electron chi connectivity index (χ0n) is 8.86. The van der Waals surface area contributed by atoms with Crippen molar-refractivity contribution in [3.8, 4) is 0 Å². The largest absolute Gasteiger partial charge is 0.391 e. The van der Waals surface area contributed by atoms with Gasteiger partial charge in [0.1, 0.15) is 0 Å². The van der Waals surface area contributed by atoms with Crippen LogP contribution in [0, 0.1) is 0 Å². The third kappa shape index (κ3) is 4.23. The first-order valence-corrected chi connectivity index (χ1v) is 4.59. The highest BCUT2D eigenvalue weighted by molar-refractivity contribution is 5.73. The lowest BCUT2D eigenvalue weighted by atomic mass is 10.2. The minimum atomic E-state index is -0.307. The highest BCUT2D eigenvalue weighted by atomic mass is 16.3. The van der Waals surface area contributed by atoms with Gasteiger partial charge in [0.15, 0.2) is 0 Å². The first kappa shape index (κ1) is 12.9. The lowest BCUT2D eigenvalue weighted by Gasteiger charge is -2.18. The van der Waals surface area contributed by atoms with Crippen molar-refractivity contribution in [2.45, 2.75) is 32.4 Å². The van der Waals surface area contributed by atoms with Gasteiger partial charge in [-0.2, -0.15) is 0 Å². The Morgan fingerprint density at radius 2 is 2.14 bits per heavy atom. The number of β-amino-alcohol motifs (C(OH)–C–C–N with tert-alkyl or cyclic N) is 1. The summed E-state index contributed by atoms with van der Waals surface area (Å²) in [5, 5.41) is 11.4. The molecule has 5 nitrogen and oxygen atoms in total. The standard InChI is InChI=1S/C7H13NO2.C2H5NO/c1-5-3-7(10)4-8(5)6(2)9;1-3-2-4/h5,7,10H,3-4H2,1-2H3;2H,1H3,(H,3,4)/t5-,7?;/m1./s1. The smallest absolute Gasteiger partial charge is 0.219 e. The maximum atomic E-state index is 10.8. The van der Waals surface area contributed by atoms with Gasteiger partial charge < -0.3 is 15.3 Å². The first-order chi connectivity index (χ1) is 6.52. The number of carbonyl (C=O) groups excluding carboxylic acids is 2. The molecule has 0 aromatic heterocycles. The SMILES string of the molecule is CC(=O)N1CC(O)C[C@H]1C.CNC=O. The second-order valence-electron chi connectivity index (χ2n) is 3.32. The number of nitrogens with one attached hydrogen (secondary N) is 1. The minimum Gasteiger partial charge on any atom is -0.391 e. The zero-order chi connectivity index (χ0) is 11.1. The molecule has 1 heterocycles. The topological polar surface area (TPSA) is 69.6 Å². The van der Waals surface area contributed by atoms with Gasteiger partial charge in [-0.25, -0.2) is 0 Å². The molecule has 0 spiro atoms. The predicted octanol–water partition coefficient (Wildman–Crippen LogP) is -0.650. The number of aliphatic hydroxyl groups excluding tert-OH is 1. The van der Waals surface area contributed by atoms with Gasteiger partial charge in [-0.1, -0.05) is 0 Å². The molecule has 0 saturated carbocycles. The molecule has 1 rings (SSSR count). The Balaban J connectivity index is 0.000000364. The van der Waals surface area contributed by atoms with Gasteiger partial charge in [0.05, 0.1) is 6.10 Å². The van der Waals surface area contributed by atoms with Crippen LogP contribution in [0.2, 0.25) is 0 Å². The second-order valence-corrected chi connectivity index (χ2v) is 3.32. The van der Waals surface area contributed by atoms with Crippen LogP contribution in [0.1, 0.15) is 20.3 Å². The van der Waals surface area contributed by atoms with Crippen LogP contribution in [-0.2, 0) is 9.59 Å². The molecule has 1 aliphatic rings. The van der Waals surface area contributed by atoms with E-state index < -0.39 is 0 Å². The van der Waals surface area contributed by atoms with Crippen LogP contribution < -0.4 is 5.32 Å². The quantitative estimate of drug-likeness (QED) is 0.555. The highest BCUT2D eigenvalue weighted by Gasteiger charge is 2.28. The summed E-state index contributed by atoms with van der Waals surface area (Å²) in [7, 11) is 1.56. The van der Waals surface area contributed by atoms with Crippen LogP contribution in [0.25, 0.3) is 0 Å². The van der Waals surface area contributed by atoms with Crippen LogP contribution in [0.15, 0.2) is 0 Å². The minimum absolute atomic E-state index is 0.0593. The number of rotatable bonds is 1. The molecule has 2 atom stereocenters. The fraction of sp³-hybridized carbons (Fsp3) is 0.778. The number of hydrogen-bond acceptors (Lipinski definition) is 3. The van der Waals surface area contributed by atoms with Crippen molar-refractivity contribution in [1.29, 1.82) is 0 Å². The van der Waals surface area contributed by atoms with E-state index >= 15 is 0 Å². The number of hydrogen-bond donors (Lipinski definition) is 2. The second kappa shape index (κ2) is 6.37. The molecule has 1 unspecified atom stereocenters. The number of aliphatic hydroxyl groups is 1. The summed E-state index contributed by atoms with van der Waals surface area (Å²) in [4.78, 5) is 21.6. The summed E-state index contributed by atoms with van der Waals surface area (Å²) >= 11 is 0. The molecule has 82 valence electrons. The summed E-state index contributed by atoms with van der Waals surface area (Å²) < 4.78 is 0. The summed E-state index contributed by atoms with van der Waals surface area (Å²) in [6.07, 6.45) is 1.04. The van der Waals surface area contributed by atoms with Crippen LogP contribution in [0.4, 0.5) is 0 Å². The fourth-order valence-corrected chi connectivity index (χ4v) is 1.44. The van der Waals surface area contributed by atoms with Crippen LogP contribution in [-0.4, -0.2) is 48.1 Å². The third-order valence-corrected chi connectivity index (χ3v) is 2.08. The lowest BCUT2D eigenvalue weighted by molar-refractivity contribution is -0.129. The molecule has 0 bridgehead atoms. The van der Waals surface area contributed by atoms with E-state index in [1.54, 1.807) is 11.9 Å². The van der Waals surface area contributed by atoms with Gasteiger partial charge in [0, 0.05) is 26.6 Å². The zero-order valence-corrected chi connectivity index (χ0v) is 8.86. The molecule has 2 amide bonds. The van der Waals surface area contributed by atoms with Crippen molar-refractivity contribution >= 4 is 12.3 Å². The molecule has 14 heavy (non-hydrogen) atoms. The monoisotopic (exact) mass is 202 g/mol. The maximum absolute atomic E-state index is 10.8. The predicted molar refractivity (Wildman–Crippen MR) is 52.6 cm³/mol. The molecular formula is C9H18N2O3. The van der Waals surface area contributed by atoms with Crippen LogP contribution in [0.3, 0.4) is 0 Å². The molecular weight excluding hydrogens is 184 g/mol. The Bertz CT molecular complexity index is 196.